The molecule has 168 valence electrons. The molecule has 1 aliphatic rings. The molecule has 32 heavy (non-hydrogen) atoms. The first kappa shape index (κ1) is 21.8. The maximum absolute atomic E-state index is 12.5. The third-order valence-electron chi connectivity index (χ3n) is 5.78. The largest absolute Gasteiger partial charge is 0.493 e. The number of ether oxygens (including phenoxy) is 3. The molecule has 8 nitrogen and oxygen atoms in total. The first-order chi connectivity index (χ1) is 15.6. The van der Waals surface area contributed by atoms with Crippen LogP contribution in [0.3, 0.4) is 0 Å². The smallest absolute Gasteiger partial charge is 0.251 e. The number of aromatic nitrogens is 3. The predicted molar refractivity (Wildman–Crippen MR) is 121 cm³/mol. The van der Waals surface area contributed by atoms with Crippen molar-refractivity contribution in [3.63, 3.8) is 0 Å². The number of piperidine rings is 1. The summed E-state index contributed by atoms with van der Waals surface area (Å²) >= 11 is 0. The number of hydrogen-bond donors (Lipinski definition) is 1. The van der Waals surface area contributed by atoms with Gasteiger partial charge in [-0.05, 0) is 49.2 Å². The highest BCUT2D eigenvalue weighted by molar-refractivity contribution is 5.54. The Balaban J connectivity index is 1.66. The fourth-order valence-electron chi connectivity index (χ4n) is 4.27. The van der Waals surface area contributed by atoms with Gasteiger partial charge in [-0.3, -0.25) is 14.7 Å². The quantitative estimate of drug-likeness (QED) is 0.605. The van der Waals surface area contributed by atoms with Gasteiger partial charge >= 0.3 is 0 Å². The van der Waals surface area contributed by atoms with Gasteiger partial charge < -0.3 is 19.2 Å². The van der Waals surface area contributed by atoms with Crippen LogP contribution in [0.5, 0.6) is 17.2 Å². The van der Waals surface area contributed by atoms with Gasteiger partial charge in [-0.25, -0.2) is 4.98 Å². The summed E-state index contributed by atoms with van der Waals surface area (Å²) in [5.74, 6) is 2.40. The van der Waals surface area contributed by atoms with Gasteiger partial charge in [0.05, 0.1) is 33.1 Å². The molecule has 1 atom stereocenters. The molecule has 0 radical (unpaired) electrons. The number of rotatable bonds is 7. The Kier molecular flexibility index (Phi) is 6.70. The van der Waals surface area contributed by atoms with E-state index in [4.69, 9.17) is 19.2 Å². The van der Waals surface area contributed by atoms with Crippen LogP contribution in [0.25, 0.3) is 11.4 Å². The van der Waals surface area contributed by atoms with E-state index in [1.807, 2.05) is 24.3 Å². The van der Waals surface area contributed by atoms with Gasteiger partial charge in [0, 0.05) is 30.6 Å². The maximum atomic E-state index is 12.5. The summed E-state index contributed by atoms with van der Waals surface area (Å²) in [5, 5.41) is 0. The standard InChI is InChI=1S/C24H28N4O4/c1-30-20-12-16(13-21(31-2)23(20)32-3)15-28-11-5-4-6-19(28)18-14-22(29)27-24(26-18)17-7-9-25-10-8-17/h7-10,12-14,19H,4-6,11,15H2,1-3H3,(H,26,27,29). The Labute approximate surface area is 187 Å². The fourth-order valence-corrected chi connectivity index (χ4v) is 4.27. The number of nitrogens with one attached hydrogen (secondary N) is 1. The zero-order valence-electron chi connectivity index (χ0n) is 18.6. The fraction of sp³-hybridized carbons (Fsp3) is 0.375. The van der Waals surface area contributed by atoms with Crippen LogP contribution >= 0.6 is 0 Å². The van der Waals surface area contributed by atoms with Crippen molar-refractivity contribution in [1.82, 2.24) is 19.9 Å². The lowest BCUT2D eigenvalue weighted by Gasteiger charge is -2.35. The van der Waals surface area contributed by atoms with Gasteiger partial charge in [0.1, 0.15) is 5.82 Å². The van der Waals surface area contributed by atoms with Crippen LogP contribution in [0.15, 0.2) is 47.5 Å². The van der Waals surface area contributed by atoms with Gasteiger partial charge in [-0.1, -0.05) is 6.42 Å². The first-order valence-corrected chi connectivity index (χ1v) is 10.7. The van der Waals surface area contributed by atoms with Crippen LogP contribution in [0, 0.1) is 0 Å². The molecule has 3 heterocycles. The third kappa shape index (κ3) is 4.60. The van der Waals surface area contributed by atoms with Gasteiger partial charge in [-0.15, -0.1) is 0 Å². The van der Waals surface area contributed by atoms with E-state index in [-0.39, 0.29) is 11.6 Å². The van der Waals surface area contributed by atoms with Gasteiger partial charge in [0.25, 0.3) is 5.56 Å². The molecule has 0 spiro atoms. The minimum absolute atomic E-state index is 0.0470. The molecular formula is C24H28N4O4. The summed E-state index contributed by atoms with van der Waals surface area (Å²) in [6, 6.07) is 9.29. The topological polar surface area (TPSA) is 89.6 Å². The molecule has 0 saturated carbocycles. The van der Waals surface area contributed by atoms with Crippen molar-refractivity contribution in [1.29, 1.82) is 0 Å². The SMILES string of the molecule is COc1cc(CN2CCCCC2c2cc(=O)[nH]c(-c3ccncc3)n2)cc(OC)c1OC. The van der Waals surface area contributed by atoms with Crippen LogP contribution in [0.4, 0.5) is 0 Å². The normalized spacial score (nSPS) is 16.5. The minimum atomic E-state index is -0.153. The van der Waals surface area contributed by atoms with Crippen molar-refractivity contribution < 1.29 is 14.2 Å². The second-order valence-electron chi connectivity index (χ2n) is 7.77. The second-order valence-corrected chi connectivity index (χ2v) is 7.77. The molecule has 1 aliphatic heterocycles. The lowest BCUT2D eigenvalue weighted by molar-refractivity contribution is 0.137. The Morgan fingerprint density at radius 3 is 2.41 bits per heavy atom. The Morgan fingerprint density at radius 2 is 1.75 bits per heavy atom. The predicted octanol–water partition coefficient (Wildman–Crippen LogP) is 3.58. The Morgan fingerprint density at radius 1 is 1.03 bits per heavy atom. The molecule has 1 fully saturated rings. The van der Waals surface area contributed by atoms with Crippen LogP contribution < -0.4 is 19.8 Å². The highest BCUT2D eigenvalue weighted by Gasteiger charge is 2.27. The second kappa shape index (κ2) is 9.82. The zero-order chi connectivity index (χ0) is 22.5. The molecule has 4 rings (SSSR count). The van der Waals surface area contributed by atoms with E-state index in [0.717, 1.165) is 42.6 Å². The molecule has 0 aliphatic carbocycles. The van der Waals surface area contributed by atoms with E-state index in [1.54, 1.807) is 39.8 Å². The summed E-state index contributed by atoms with van der Waals surface area (Å²) in [5.41, 5.74) is 2.52. The van der Waals surface area contributed by atoms with Gasteiger partial charge in [-0.2, -0.15) is 0 Å². The van der Waals surface area contributed by atoms with Crippen LogP contribution in [-0.2, 0) is 6.54 Å². The van der Waals surface area contributed by atoms with Crippen molar-refractivity contribution in [2.24, 2.45) is 0 Å². The molecule has 2 aromatic heterocycles. The number of nitrogens with zero attached hydrogens (tertiary/aromatic N) is 3. The van der Waals surface area contributed by atoms with E-state index >= 15 is 0 Å². The van der Waals surface area contributed by atoms with E-state index in [2.05, 4.69) is 14.9 Å². The van der Waals surface area contributed by atoms with E-state index in [0.29, 0.717) is 29.6 Å². The van der Waals surface area contributed by atoms with Crippen LogP contribution in [-0.4, -0.2) is 47.7 Å². The number of H-pyrrole nitrogens is 1. The van der Waals surface area contributed by atoms with Crippen molar-refractivity contribution in [3.8, 4) is 28.6 Å². The van der Waals surface area contributed by atoms with Gasteiger partial charge in [0.15, 0.2) is 11.5 Å². The lowest BCUT2D eigenvalue weighted by atomic mass is 9.98. The van der Waals surface area contributed by atoms with Crippen molar-refractivity contribution >= 4 is 0 Å². The average Bonchev–Trinajstić information content (AvgIpc) is 2.83. The molecule has 1 N–H and O–H groups in total. The van der Waals surface area contributed by atoms with Crippen LogP contribution in [0.1, 0.15) is 36.6 Å². The number of methoxy groups -OCH3 is 3. The third-order valence-corrected chi connectivity index (χ3v) is 5.78. The molecule has 8 heteroatoms. The monoisotopic (exact) mass is 436 g/mol. The molecule has 0 amide bonds. The van der Waals surface area contributed by atoms with Crippen molar-refractivity contribution in [2.45, 2.75) is 31.8 Å². The summed E-state index contributed by atoms with van der Waals surface area (Å²) < 4.78 is 16.5. The van der Waals surface area contributed by atoms with Crippen molar-refractivity contribution in [2.75, 3.05) is 27.9 Å². The number of hydrogen-bond acceptors (Lipinski definition) is 7. The highest BCUT2D eigenvalue weighted by atomic mass is 16.5. The molecular weight excluding hydrogens is 408 g/mol. The van der Waals surface area contributed by atoms with E-state index in [1.165, 1.54) is 0 Å². The Hall–Kier alpha value is -3.39. The minimum Gasteiger partial charge on any atom is -0.493 e. The number of likely N-dealkylation sites (tertiary alicyclic amines) is 1. The lowest BCUT2D eigenvalue weighted by Crippen LogP contribution is -2.34. The average molecular weight is 437 g/mol. The summed E-state index contributed by atoms with van der Waals surface area (Å²) in [6.07, 6.45) is 6.52. The van der Waals surface area contributed by atoms with Crippen LogP contribution in [0.2, 0.25) is 0 Å². The van der Waals surface area contributed by atoms with Crippen molar-refractivity contribution in [3.05, 3.63) is 64.3 Å². The molecule has 0 bridgehead atoms. The van der Waals surface area contributed by atoms with E-state index < -0.39 is 0 Å². The first-order valence-electron chi connectivity index (χ1n) is 10.7. The summed E-state index contributed by atoms with van der Waals surface area (Å²) in [7, 11) is 4.83. The van der Waals surface area contributed by atoms with Gasteiger partial charge in [0.2, 0.25) is 5.75 Å². The Bertz CT molecular complexity index is 1090. The maximum Gasteiger partial charge on any atom is 0.251 e. The molecule has 1 saturated heterocycles. The summed E-state index contributed by atoms with van der Waals surface area (Å²) in [6.45, 7) is 1.60. The van der Waals surface area contributed by atoms with E-state index in [9.17, 15) is 4.79 Å². The number of pyridine rings is 1. The highest BCUT2D eigenvalue weighted by Crippen LogP contribution is 2.39. The molecule has 1 aromatic carbocycles. The molecule has 3 aromatic rings. The summed E-state index contributed by atoms with van der Waals surface area (Å²) in [4.78, 5) is 26.5. The zero-order valence-corrected chi connectivity index (χ0v) is 18.6. The molecule has 1 unspecified atom stereocenters. The number of aromatic amines is 1. The number of benzene rings is 1.